The van der Waals surface area contributed by atoms with Crippen LogP contribution >= 0.6 is 0 Å². The van der Waals surface area contributed by atoms with Gasteiger partial charge >= 0.3 is 0 Å². The van der Waals surface area contributed by atoms with Gasteiger partial charge < -0.3 is 25.7 Å². The maximum absolute atomic E-state index is 12.6. The normalized spacial score (nSPS) is 13.6. The van der Waals surface area contributed by atoms with Crippen molar-refractivity contribution in [2.24, 2.45) is 0 Å². The molecule has 0 fully saturated rings. The van der Waals surface area contributed by atoms with Crippen LogP contribution in [0.2, 0.25) is 0 Å². The van der Waals surface area contributed by atoms with E-state index in [1.807, 2.05) is 0 Å². The third kappa shape index (κ3) is 53.7. The second-order valence-electron chi connectivity index (χ2n) is 22.8. The minimum atomic E-state index is -1.26. The predicted molar refractivity (Wildman–Crippen MR) is 311 cm³/mol. The molecule has 0 radical (unpaired) electrons. The summed E-state index contributed by atoms with van der Waals surface area (Å²) in [7, 11) is 0. The Morgan fingerprint density at radius 1 is 0.338 bits per heavy atom. The minimum absolute atomic E-state index is 0.367. The number of nitrogens with one attached hydrogen (secondary N) is 1. The van der Waals surface area contributed by atoms with Crippen LogP contribution in [-0.2, 0) is 4.79 Å². The van der Waals surface area contributed by atoms with Crippen molar-refractivity contribution in [2.75, 3.05) is 6.61 Å². The van der Waals surface area contributed by atoms with Gasteiger partial charge in [0.05, 0.1) is 18.8 Å². The maximum Gasteiger partial charge on any atom is 0.249 e. The summed E-state index contributed by atoms with van der Waals surface area (Å²) >= 11 is 0. The number of allylic oxidation sites excluding steroid dienone is 2. The molecule has 0 aliphatic heterocycles. The second kappa shape index (κ2) is 59.9. The molecular formula is C65H129NO5. The van der Waals surface area contributed by atoms with Gasteiger partial charge in [-0.15, -0.1) is 0 Å². The highest BCUT2D eigenvalue weighted by Crippen LogP contribution is 2.19. The van der Waals surface area contributed by atoms with Gasteiger partial charge in [0, 0.05) is 0 Å². The van der Waals surface area contributed by atoms with E-state index in [1.165, 1.54) is 302 Å². The highest BCUT2D eigenvalue weighted by Gasteiger charge is 2.28. The Morgan fingerprint density at radius 2 is 0.563 bits per heavy atom. The average Bonchev–Trinajstić information content (AvgIpc) is 3.38. The van der Waals surface area contributed by atoms with Gasteiger partial charge in [-0.05, 0) is 38.5 Å². The lowest BCUT2D eigenvalue weighted by Gasteiger charge is -2.27. The summed E-state index contributed by atoms with van der Waals surface area (Å²) < 4.78 is 0. The topological polar surface area (TPSA) is 110 Å². The van der Waals surface area contributed by atoms with Crippen molar-refractivity contribution in [1.82, 2.24) is 5.32 Å². The Morgan fingerprint density at radius 3 is 0.817 bits per heavy atom. The van der Waals surface area contributed by atoms with E-state index >= 15 is 0 Å². The number of hydrogen-bond donors (Lipinski definition) is 5. The number of carbonyl (C=O) groups excluding carboxylic acids is 1. The van der Waals surface area contributed by atoms with E-state index in [0.29, 0.717) is 12.8 Å². The van der Waals surface area contributed by atoms with Crippen LogP contribution in [0.3, 0.4) is 0 Å². The number of hydrogen-bond acceptors (Lipinski definition) is 5. The molecule has 424 valence electrons. The van der Waals surface area contributed by atoms with Crippen LogP contribution in [0.15, 0.2) is 12.2 Å². The fourth-order valence-electron chi connectivity index (χ4n) is 10.6. The molecule has 0 rings (SSSR count). The van der Waals surface area contributed by atoms with Gasteiger partial charge in [0.2, 0.25) is 5.91 Å². The van der Waals surface area contributed by atoms with Crippen LogP contribution in [0.4, 0.5) is 0 Å². The van der Waals surface area contributed by atoms with E-state index < -0.39 is 36.9 Å². The van der Waals surface area contributed by atoms with E-state index in [1.54, 1.807) is 0 Å². The van der Waals surface area contributed by atoms with Gasteiger partial charge in [-0.2, -0.15) is 0 Å². The molecule has 5 N–H and O–H groups in total. The molecule has 0 aromatic heterocycles. The molecule has 0 saturated carbocycles. The molecule has 0 aromatic carbocycles. The molecule has 0 heterocycles. The zero-order valence-electron chi connectivity index (χ0n) is 48.3. The van der Waals surface area contributed by atoms with Crippen LogP contribution in [0.1, 0.15) is 367 Å². The highest BCUT2D eigenvalue weighted by atomic mass is 16.3. The highest BCUT2D eigenvalue weighted by molar-refractivity contribution is 5.80. The number of unbranched alkanes of at least 4 members (excludes halogenated alkanes) is 50. The number of rotatable bonds is 61. The molecule has 6 heteroatoms. The molecule has 0 aliphatic rings. The molecule has 0 bridgehead atoms. The molecule has 4 unspecified atom stereocenters. The van der Waals surface area contributed by atoms with Crippen LogP contribution < -0.4 is 5.32 Å². The van der Waals surface area contributed by atoms with Gasteiger partial charge in [0.1, 0.15) is 12.2 Å². The number of aliphatic hydroxyl groups is 4. The van der Waals surface area contributed by atoms with Gasteiger partial charge in [-0.3, -0.25) is 4.79 Å². The molecule has 0 aliphatic carbocycles. The van der Waals surface area contributed by atoms with Gasteiger partial charge in [0.25, 0.3) is 0 Å². The zero-order valence-corrected chi connectivity index (χ0v) is 48.3. The molecule has 0 aromatic rings. The first-order chi connectivity index (χ1) is 35.0. The summed E-state index contributed by atoms with van der Waals surface area (Å²) in [6.45, 7) is 4.11. The van der Waals surface area contributed by atoms with E-state index in [-0.39, 0.29) is 0 Å². The van der Waals surface area contributed by atoms with Crippen molar-refractivity contribution in [3.05, 3.63) is 12.2 Å². The molecule has 71 heavy (non-hydrogen) atoms. The Labute approximate surface area is 444 Å². The Balaban J connectivity index is 3.54. The summed E-state index contributed by atoms with van der Waals surface area (Å²) in [4.78, 5) is 12.6. The van der Waals surface area contributed by atoms with Gasteiger partial charge in [-0.25, -0.2) is 0 Å². The summed E-state index contributed by atoms with van der Waals surface area (Å²) in [5.74, 6) is -0.580. The average molecular weight is 1000 g/mol. The first kappa shape index (κ1) is 70.1. The Kier molecular flexibility index (Phi) is 59.1. The van der Waals surface area contributed by atoms with E-state index in [0.717, 1.165) is 38.5 Å². The van der Waals surface area contributed by atoms with Crippen molar-refractivity contribution >= 4 is 5.91 Å². The van der Waals surface area contributed by atoms with Crippen molar-refractivity contribution in [3.8, 4) is 0 Å². The number of aliphatic hydroxyl groups excluding tert-OH is 4. The van der Waals surface area contributed by atoms with E-state index in [4.69, 9.17) is 0 Å². The lowest BCUT2D eigenvalue weighted by Crippen LogP contribution is -2.53. The standard InChI is InChI=1S/C65H129NO5/c1-3-5-7-9-11-13-15-17-19-21-23-25-27-28-29-30-31-32-33-34-35-37-38-40-42-44-46-48-50-52-54-56-58-62(68)64(70)61(60-67)66-65(71)63(69)59-57-55-53-51-49-47-45-43-41-39-36-26-24-22-20-18-16-14-12-10-8-6-4-2/h39,41,61-64,67-70H,3-38,40,42-60H2,1-2H3,(H,66,71)/b41-39-. The molecule has 4 atom stereocenters. The van der Waals surface area contributed by atoms with Crippen molar-refractivity contribution in [3.63, 3.8) is 0 Å². The first-order valence-corrected chi connectivity index (χ1v) is 32.6. The monoisotopic (exact) mass is 1000 g/mol. The molecule has 1 amide bonds. The lowest BCUT2D eigenvalue weighted by molar-refractivity contribution is -0.132. The summed E-state index contributed by atoms with van der Waals surface area (Å²) in [5, 5.41) is 44.2. The fraction of sp³-hybridized carbons (Fsp3) is 0.954. The first-order valence-electron chi connectivity index (χ1n) is 32.6. The largest absolute Gasteiger partial charge is 0.394 e. The quantitative estimate of drug-likeness (QED) is 0.0308. The van der Waals surface area contributed by atoms with Crippen LogP contribution in [0, 0.1) is 0 Å². The van der Waals surface area contributed by atoms with Crippen LogP contribution in [-0.4, -0.2) is 57.3 Å². The minimum Gasteiger partial charge on any atom is -0.394 e. The Hall–Kier alpha value is -0.950. The van der Waals surface area contributed by atoms with Crippen molar-refractivity contribution < 1.29 is 25.2 Å². The molecule has 0 spiro atoms. The van der Waals surface area contributed by atoms with Crippen molar-refractivity contribution in [1.29, 1.82) is 0 Å². The van der Waals surface area contributed by atoms with Crippen LogP contribution in [0.5, 0.6) is 0 Å². The number of amides is 1. The SMILES string of the molecule is CCCCCCCCCCCCCC/C=C\CCCCCCCCCC(O)C(=O)NC(CO)C(O)C(O)CCCCCCCCCCCCCCCCCCCCCCCCCCCCCCCCCC. The summed E-state index contributed by atoms with van der Waals surface area (Å²) in [6.07, 6.45) is 73.2. The van der Waals surface area contributed by atoms with E-state index in [9.17, 15) is 25.2 Å². The predicted octanol–water partition coefficient (Wildman–Crippen LogP) is 19.6. The van der Waals surface area contributed by atoms with Gasteiger partial charge in [0.15, 0.2) is 0 Å². The zero-order chi connectivity index (χ0) is 51.6. The van der Waals surface area contributed by atoms with Crippen molar-refractivity contribution in [2.45, 2.75) is 391 Å². The molecular weight excluding hydrogens is 875 g/mol. The summed E-state index contributed by atoms with van der Waals surface area (Å²) in [5.41, 5.74) is 0. The molecule has 6 nitrogen and oxygen atoms in total. The van der Waals surface area contributed by atoms with Gasteiger partial charge in [-0.1, -0.05) is 341 Å². The lowest BCUT2D eigenvalue weighted by atomic mass is 9.99. The third-order valence-electron chi connectivity index (χ3n) is 15.7. The maximum atomic E-state index is 12.6. The summed E-state index contributed by atoms with van der Waals surface area (Å²) in [6, 6.07) is -0.986. The van der Waals surface area contributed by atoms with E-state index in [2.05, 4.69) is 31.3 Å². The fourth-order valence-corrected chi connectivity index (χ4v) is 10.6. The second-order valence-corrected chi connectivity index (χ2v) is 22.8. The number of carbonyl (C=O) groups is 1. The third-order valence-corrected chi connectivity index (χ3v) is 15.7. The smallest absolute Gasteiger partial charge is 0.249 e. The molecule has 0 saturated heterocycles. The van der Waals surface area contributed by atoms with Crippen LogP contribution in [0.25, 0.3) is 0 Å². The Bertz CT molecular complexity index is 1040.